The van der Waals surface area contributed by atoms with Gasteiger partial charge in [-0.2, -0.15) is 0 Å². The molecule has 0 spiro atoms. The summed E-state index contributed by atoms with van der Waals surface area (Å²) in [7, 11) is 1.75. The van der Waals surface area contributed by atoms with Crippen molar-refractivity contribution in [1.82, 2.24) is 0 Å². The van der Waals surface area contributed by atoms with Crippen molar-refractivity contribution in [3.63, 3.8) is 0 Å². The molecule has 18 heavy (non-hydrogen) atoms. The summed E-state index contributed by atoms with van der Waals surface area (Å²) in [5.74, 6) is 0.625. The summed E-state index contributed by atoms with van der Waals surface area (Å²) < 4.78 is 5.17. The van der Waals surface area contributed by atoms with Gasteiger partial charge in [0.1, 0.15) is 0 Å². The van der Waals surface area contributed by atoms with Gasteiger partial charge in [0.25, 0.3) is 0 Å². The van der Waals surface area contributed by atoms with E-state index >= 15 is 0 Å². The SMILES string of the molecule is COCCc1ccccc1NC1CCCC1CN. The van der Waals surface area contributed by atoms with Gasteiger partial charge in [0.05, 0.1) is 6.61 Å². The van der Waals surface area contributed by atoms with Crippen LogP contribution in [0.2, 0.25) is 0 Å². The Balaban J connectivity index is 2.03. The summed E-state index contributed by atoms with van der Waals surface area (Å²) in [6.07, 6.45) is 4.74. The molecule has 1 aromatic rings. The van der Waals surface area contributed by atoms with Gasteiger partial charge in [0.15, 0.2) is 0 Å². The monoisotopic (exact) mass is 248 g/mol. The van der Waals surface area contributed by atoms with Crippen molar-refractivity contribution in [3.8, 4) is 0 Å². The van der Waals surface area contributed by atoms with Gasteiger partial charge in [-0.25, -0.2) is 0 Å². The van der Waals surface area contributed by atoms with Gasteiger partial charge in [0.2, 0.25) is 0 Å². The smallest absolute Gasteiger partial charge is 0.0503 e. The molecule has 0 amide bonds. The zero-order valence-electron chi connectivity index (χ0n) is 11.2. The zero-order chi connectivity index (χ0) is 12.8. The number of rotatable bonds is 6. The first-order chi connectivity index (χ1) is 8.85. The maximum atomic E-state index is 5.84. The number of para-hydroxylation sites is 1. The average Bonchev–Trinajstić information content (AvgIpc) is 2.85. The molecule has 0 aromatic heterocycles. The van der Waals surface area contributed by atoms with E-state index in [1.54, 1.807) is 7.11 Å². The van der Waals surface area contributed by atoms with E-state index in [1.165, 1.54) is 30.5 Å². The van der Waals surface area contributed by atoms with Crippen LogP contribution in [0.1, 0.15) is 24.8 Å². The lowest BCUT2D eigenvalue weighted by atomic mass is 10.0. The van der Waals surface area contributed by atoms with E-state index in [4.69, 9.17) is 10.5 Å². The predicted molar refractivity (Wildman–Crippen MR) is 75.8 cm³/mol. The Morgan fingerprint density at radius 2 is 2.17 bits per heavy atom. The minimum atomic E-state index is 0.540. The van der Waals surface area contributed by atoms with Crippen molar-refractivity contribution < 1.29 is 4.74 Å². The van der Waals surface area contributed by atoms with Gasteiger partial charge in [-0.05, 0) is 43.4 Å². The Bertz CT molecular complexity index is 367. The summed E-state index contributed by atoms with van der Waals surface area (Å²) in [5, 5.41) is 3.68. The fourth-order valence-electron chi connectivity index (χ4n) is 2.80. The van der Waals surface area contributed by atoms with E-state index in [0.717, 1.165) is 19.6 Å². The van der Waals surface area contributed by atoms with Crippen LogP contribution in [0.15, 0.2) is 24.3 Å². The van der Waals surface area contributed by atoms with Crippen LogP contribution < -0.4 is 11.1 Å². The molecule has 1 saturated carbocycles. The Morgan fingerprint density at radius 1 is 1.33 bits per heavy atom. The summed E-state index contributed by atoms with van der Waals surface area (Å²) in [5.41, 5.74) is 8.42. The van der Waals surface area contributed by atoms with Crippen molar-refractivity contribution in [2.75, 3.05) is 25.6 Å². The van der Waals surface area contributed by atoms with Crippen molar-refractivity contribution in [1.29, 1.82) is 0 Å². The third-order valence-corrected chi connectivity index (χ3v) is 3.90. The molecule has 0 heterocycles. The van der Waals surface area contributed by atoms with Crippen LogP contribution in [-0.4, -0.2) is 26.3 Å². The predicted octanol–water partition coefficient (Wildman–Crippen LogP) is 2.41. The molecule has 3 heteroatoms. The molecule has 2 rings (SSSR count). The van der Waals surface area contributed by atoms with Crippen molar-refractivity contribution in [2.24, 2.45) is 11.7 Å². The van der Waals surface area contributed by atoms with Crippen LogP contribution in [0.5, 0.6) is 0 Å². The quantitative estimate of drug-likeness (QED) is 0.812. The molecule has 1 fully saturated rings. The number of nitrogens with two attached hydrogens (primary N) is 1. The molecule has 1 aliphatic carbocycles. The van der Waals surface area contributed by atoms with Crippen molar-refractivity contribution in [3.05, 3.63) is 29.8 Å². The van der Waals surface area contributed by atoms with E-state index in [0.29, 0.717) is 12.0 Å². The Hall–Kier alpha value is -1.06. The van der Waals surface area contributed by atoms with Gasteiger partial charge in [0, 0.05) is 18.8 Å². The molecule has 2 atom stereocenters. The summed E-state index contributed by atoms with van der Waals surface area (Å²) in [6.45, 7) is 1.56. The maximum absolute atomic E-state index is 5.84. The molecule has 3 nitrogen and oxygen atoms in total. The number of ether oxygens (including phenoxy) is 1. The molecule has 2 unspecified atom stereocenters. The molecule has 0 saturated heterocycles. The molecule has 0 bridgehead atoms. The Labute approximate surface area is 110 Å². The molecule has 0 radical (unpaired) electrons. The van der Waals surface area contributed by atoms with Gasteiger partial charge in [-0.1, -0.05) is 24.6 Å². The maximum Gasteiger partial charge on any atom is 0.0503 e. The first-order valence-electron chi connectivity index (χ1n) is 6.88. The highest BCUT2D eigenvalue weighted by Crippen LogP contribution is 2.29. The Morgan fingerprint density at radius 3 is 2.94 bits per heavy atom. The minimum absolute atomic E-state index is 0.540. The third kappa shape index (κ3) is 3.24. The number of benzene rings is 1. The number of hydrogen-bond acceptors (Lipinski definition) is 3. The summed E-state index contributed by atoms with van der Waals surface area (Å²) >= 11 is 0. The number of nitrogens with one attached hydrogen (secondary N) is 1. The number of hydrogen-bond donors (Lipinski definition) is 2. The second-order valence-corrected chi connectivity index (χ2v) is 5.08. The molecule has 100 valence electrons. The van der Waals surface area contributed by atoms with Gasteiger partial charge < -0.3 is 15.8 Å². The third-order valence-electron chi connectivity index (χ3n) is 3.90. The van der Waals surface area contributed by atoms with E-state index in [1.807, 2.05) is 0 Å². The van der Waals surface area contributed by atoms with Crippen LogP contribution in [0.25, 0.3) is 0 Å². The van der Waals surface area contributed by atoms with Crippen molar-refractivity contribution in [2.45, 2.75) is 31.7 Å². The lowest BCUT2D eigenvalue weighted by molar-refractivity contribution is 0.202. The largest absolute Gasteiger partial charge is 0.384 e. The molecule has 0 aliphatic heterocycles. The molecule has 1 aliphatic rings. The highest BCUT2D eigenvalue weighted by Gasteiger charge is 2.26. The highest BCUT2D eigenvalue weighted by molar-refractivity contribution is 5.52. The van der Waals surface area contributed by atoms with Crippen LogP contribution in [-0.2, 0) is 11.2 Å². The van der Waals surface area contributed by atoms with Crippen LogP contribution in [0.3, 0.4) is 0 Å². The molecule has 1 aromatic carbocycles. The fraction of sp³-hybridized carbons (Fsp3) is 0.600. The number of anilines is 1. The summed E-state index contributed by atoms with van der Waals surface area (Å²) in [4.78, 5) is 0. The Kier molecular flexibility index (Phi) is 5.02. The minimum Gasteiger partial charge on any atom is -0.384 e. The van der Waals surface area contributed by atoms with Gasteiger partial charge in [-0.15, -0.1) is 0 Å². The molecule has 3 N–H and O–H groups in total. The van der Waals surface area contributed by atoms with Crippen LogP contribution in [0, 0.1) is 5.92 Å². The van der Waals surface area contributed by atoms with E-state index in [9.17, 15) is 0 Å². The molecular formula is C15H24N2O. The second kappa shape index (κ2) is 6.76. The average molecular weight is 248 g/mol. The number of methoxy groups -OCH3 is 1. The first-order valence-corrected chi connectivity index (χ1v) is 6.88. The van der Waals surface area contributed by atoms with Gasteiger partial charge in [-0.3, -0.25) is 0 Å². The lowest BCUT2D eigenvalue weighted by Crippen LogP contribution is -2.29. The first kappa shape index (κ1) is 13.4. The fourth-order valence-corrected chi connectivity index (χ4v) is 2.80. The summed E-state index contributed by atoms with van der Waals surface area (Å²) in [6, 6.07) is 9.06. The van der Waals surface area contributed by atoms with E-state index in [2.05, 4.69) is 29.6 Å². The standard InChI is InChI=1S/C15H24N2O/c1-18-10-9-12-5-2-3-7-14(12)17-15-8-4-6-13(15)11-16/h2-3,5,7,13,15,17H,4,6,8-11,16H2,1H3. The van der Waals surface area contributed by atoms with Crippen molar-refractivity contribution >= 4 is 5.69 Å². The normalized spacial score (nSPS) is 23.2. The zero-order valence-corrected chi connectivity index (χ0v) is 11.2. The van der Waals surface area contributed by atoms with Crippen LogP contribution in [0.4, 0.5) is 5.69 Å². The van der Waals surface area contributed by atoms with Crippen LogP contribution >= 0.6 is 0 Å². The van der Waals surface area contributed by atoms with E-state index < -0.39 is 0 Å². The van der Waals surface area contributed by atoms with Gasteiger partial charge >= 0.3 is 0 Å². The second-order valence-electron chi connectivity index (χ2n) is 5.08. The highest BCUT2D eigenvalue weighted by atomic mass is 16.5. The van der Waals surface area contributed by atoms with E-state index in [-0.39, 0.29) is 0 Å². The topological polar surface area (TPSA) is 47.3 Å². The lowest BCUT2D eigenvalue weighted by Gasteiger charge is -2.22. The molecular weight excluding hydrogens is 224 g/mol.